The van der Waals surface area contributed by atoms with Crippen molar-refractivity contribution in [3.05, 3.63) is 29.3 Å². The van der Waals surface area contributed by atoms with E-state index in [0.29, 0.717) is 24.1 Å². The number of carbonyl (C=O) groups excluding carboxylic acids is 2. The number of fused-ring (bicyclic) bond motifs is 1. The molecule has 0 saturated carbocycles. The second kappa shape index (κ2) is 5.18. The fourth-order valence-corrected chi connectivity index (χ4v) is 1.92. The summed E-state index contributed by atoms with van der Waals surface area (Å²) in [6.45, 7) is 1.90. The van der Waals surface area contributed by atoms with Crippen LogP contribution < -0.4 is 5.32 Å². The van der Waals surface area contributed by atoms with Gasteiger partial charge in [0.05, 0.1) is 6.61 Å². The van der Waals surface area contributed by atoms with Crippen LogP contribution in [0.25, 0.3) is 0 Å². The largest absolute Gasteiger partial charge is 0.464 e. The number of aliphatic hydroxyl groups excluding tert-OH is 1. The van der Waals surface area contributed by atoms with Gasteiger partial charge < -0.3 is 15.2 Å². The van der Waals surface area contributed by atoms with Gasteiger partial charge in [0.25, 0.3) is 0 Å². The molecule has 1 atom stereocenters. The molecular formula is C13H15NO4. The molecule has 0 saturated heterocycles. The van der Waals surface area contributed by atoms with Crippen molar-refractivity contribution in [2.45, 2.75) is 25.9 Å². The highest BCUT2D eigenvalue weighted by atomic mass is 16.5. The molecule has 1 heterocycles. The standard InChI is InChI=1S/C13H15NO4/c1-2-18-13(17)12(16)9-4-3-8-5-6-11(15)14-10(8)7-9/h3-4,7,12,16H,2,5-6H2,1H3,(H,14,15). The summed E-state index contributed by atoms with van der Waals surface area (Å²) in [4.78, 5) is 22.7. The van der Waals surface area contributed by atoms with E-state index >= 15 is 0 Å². The molecule has 96 valence electrons. The zero-order valence-corrected chi connectivity index (χ0v) is 10.1. The maximum atomic E-state index is 11.4. The number of aliphatic hydroxyl groups is 1. The van der Waals surface area contributed by atoms with Crippen molar-refractivity contribution in [3.63, 3.8) is 0 Å². The normalized spacial score (nSPS) is 15.6. The molecule has 2 rings (SSSR count). The van der Waals surface area contributed by atoms with Crippen LogP contribution in [0.2, 0.25) is 0 Å². The third-order valence-electron chi connectivity index (χ3n) is 2.86. The quantitative estimate of drug-likeness (QED) is 0.788. The molecule has 0 aromatic heterocycles. The molecule has 1 unspecified atom stereocenters. The number of carbonyl (C=O) groups is 2. The Labute approximate surface area is 105 Å². The highest BCUT2D eigenvalue weighted by molar-refractivity contribution is 5.94. The molecule has 2 N–H and O–H groups in total. The van der Waals surface area contributed by atoms with Gasteiger partial charge in [0.15, 0.2) is 6.10 Å². The Kier molecular flexibility index (Phi) is 3.62. The van der Waals surface area contributed by atoms with Gasteiger partial charge in [0.2, 0.25) is 5.91 Å². The van der Waals surface area contributed by atoms with Crippen LogP contribution in [0.5, 0.6) is 0 Å². The van der Waals surface area contributed by atoms with E-state index in [0.717, 1.165) is 5.56 Å². The third-order valence-corrected chi connectivity index (χ3v) is 2.86. The van der Waals surface area contributed by atoms with Gasteiger partial charge in [-0.3, -0.25) is 4.79 Å². The minimum Gasteiger partial charge on any atom is -0.464 e. The van der Waals surface area contributed by atoms with E-state index in [9.17, 15) is 14.7 Å². The molecule has 1 aliphatic heterocycles. The molecule has 5 heteroatoms. The molecule has 1 aromatic carbocycles. The number of nitrogens with one attached hydrogen (secondary N) is 1. The predicted molar refractivity (Wildman–Crippen MR) is 65.0 cm³/mol. The first kappa shape index (κ1) is 12.6. The lowest BCUT2D eigenvalue weighted by molar-refractivity contribution is -0.153. The lowest BCUT2D eigenvalue weighted by Crippen LogP contribution is -2.20. The van der Waals surface area contributed by atoms with Crippen molar-refractivity contribution in [2.75, 3.05) is 11.9 Å². The molecule has 1 aliphatic rings. The summed E-state index contributed by atoms with van der Waals surface area (Å²) < 4.78 is 4.75. The van der Waals surface area contributed by atoms with Crippen molar-refractivity contribution >= 4 is 17.6 Å². The molecule has 0 spiro atoms. The monoisotopic (exact) mass is 249 g/mol. The van der Waals surface area contributed by atoms with Gasteiger partial charge in [0, 0.05) is 12.1 Å². The maximum Gasteiger partial charge on any atom is 0.339 e. The van der Waals surface area contributed by atoms with E-state index < -0.39 is 12.1 Å². The SMILES string of the molecule is CCOC(=O)C(O)c1ccc2c(c1)NC(=O)CC2. The molecule has 0 aliphatic carbocycles. The van der Waals surface area contributed by atoms with E-state index in [4.69, 9.17) is 4.74 Å². The molecule has 0 radical (unpaired) electrons. The van der Waals surface area contributed by atoms with Crippen LogP contribution in [-0.2, 0) is 20.7 Å². The fraction of sp³-hybridized carbons (Fsp3) is 0.385. The number of esters is 1. The first-order valence-corrected chi connectivity index (χ1v) is 5.89. The van der Waals surface area contributed by atoms with Crippen LogP contribution in [0.15, 0.2) is 18.2 Å². The van der Waals surface area contributed by atoms with Crippen LogP contribution in [0.4, 0.5) is 5.69 Å². The Balaban J connectivity index is 2.22. The lowest BCUT2D eigenvalue weighted by Gasteiger charge is -2.18. The van der Waals surface area contributed by atoms with Crippen LogP contribution in [0.1, 0.15) is 30.6 Å². The topological polar surface area (TPSA) is 75.6 Å². The summed E-state index contributed by atoms with van der Waals surface area (Å²) in [5.41, 5.74) is 2.09. The van der Waals surface area contributed by atoms with E-state index in [2.05, 4.69) is 5.32 Å². The van der Waals surface area contributed by atoms with Crippen molar-refractivity contribution in [1.82, 2.24) is 0 Å². The Bertz CT molecular complexity index is 484. The average Bonchev–Trinajstić information content (AvgIpc) is 2.37. The van der Waals surface area contributed by atoms with Gasteiger partial charge in [-0.1, -0.05) is 12.1 Å². The molecule has 0 bridgehead atoms. The maximum absolute atomic E-state index is 11.4. The number of ether oxygens (including phenoxy) is 1. The first-order valence-electron chi connectivity index (χ1n) is 5.89. The van der Waals surface area contributed by atoms with E-state index in [1.807, 2.05) is 6.07 Å². The Morgan fingerprint density at radius 3 is 3.00 bits per heavy atom. The summed E-state index contributed by atoms with van der Waals surface area (Å²) in [7, 11) is 0. The Morgan fingerprint density at radius 1 is 1.50 bits per heavy atom. The zero-order valence-electron chi connectivity index (χ0n) is 10.1. The summed E-state index contributed by atoms with van der Waals surface area (Å²) in [5.74, 6) is -0.732. The first-order chi connectivity index (χ1) is 8.61. The number of hydrogen-bond acceptors (Lipinski definition) is 4. The third kappa shape index (κ3) is 2.51. The summed E-state index contributed by atoms with van der Waals surface area (Å²) in [6.07, 6.45) is -0.168. The minimum absolute atomic E-state index is 0.0507. The van der Waals surface area contributed by atoms with Crippen molar-refractivity contribution < 1.29 is 19.4 Å². The van der Waals surface area contributed by atoms with Gasteiger partial charge in [-0.05, 0) is 30.5 Å². The van der Waals surface area contributed by atoms with Crippen LogP contribution in [0, 0.1) is 0 Å². The summed E-state index contributed by atoms with van der Waals surface area (Å²) in [5, 5.41) is 12.5. The Morgan fingerprint density at radius 2 is 2.28 bits per heavy atom. The van der Waals surface area contributed by atoms with Gasteiger partial charge in [-0.15, -0.1) is 0 Å². The Hall–Kier alpha value is -1.88. The summed E-state index contributed by atoms with van der Waals surface area (Å²) in [6, 6.07) is 5.11. The molecule has 18 heavy (non-hydrogen) atoms. The van der Waals surface area contributed by atoms with E-state index in [1.54, 1.807) is 19.1 Å². The molecule has 1 amide bonds. The highest BCUT2D eigenvalue weighted by Gasteiger charge is 2.21. The van der Waals surface area contributed by atoms with Gasteiger partial charge in [-0.2, -0.15) is 0 Å². The zero-order chi connectivity index (χ0) is 13.1. The average molecular weight is 249 g/mol. The second-order valence-corrected chi connectivity index (χ2v) is 4.12. The smallest absolute Gasteiger partial charge is 0.339 e. The second-order valence-electron chi connectivity index (χ2n) is 4.12. The van der Waals surface area contributed by atoms with Crippen molar-refractivity contribution in [3.8, 4) is 0 Å². The lowest BCUT2D eigenvalue weighted by atomic mass is 9.99. The highest BCUT2D eigenvalue weighted by Crippen LogP contribution is 2.26. The van der Waals surface area contributed by atoms with Crippen molar-refractivity contribution in [2.24, 2.45) is 0 Å². The molecular weight excluding hydrogens is 234 g/mol. The van der Waals surface area contributed by atoms with Gasteiger partial charge in [-0.25, -0.2) is 4.79 Å². The van der Waals surface area contributed by atoms with Crippen LogP contribution in [-0.4, -0.2) is 23.6 Å². The number of amides is 1. The summed E-state index contributed by atoms with van der Waals surface area (Å²) >= 11 is 0. The number of hydrogen-bond donors (Lipinski definition) is 2. The molecule has 1 aromatic rings. The number of aryl methyl sites for hydroxylation is 1. The molecule has 0 fully saturated rings. The van der Waals surface area contributed by atoms with Crippen LogP contribution in [0.3, 0.4) is 0 Å². The minimum atomic E-state index is -1.31. The van der Waals surface area contributed by atoms with Gasteiger partial charge in [0.1, 0.15) is 0 Å². The van der Waals surface area contributed by atoms with E-state index in [-0.39, 0.29) is 12.5 Å². The van der Waals surface area contributed by atoms with Crippen molar-refractivity contribution in [1.29, 1.82) is 0 Å². The van der Waals surface area contributed by atoms with Crippen LogP contribution >= 0.6 is 0 Å². The molecule has 5 nitrogen and oxygen atoms in total. The van der Waals surface area contributed by atoms with E-state index in [1.165, 1.54) is 0 Å². The fourth-order valence-electron chi connectivity index (χ4n) is 1.92. The predicted octanol–water partition coefficient (Wildman–Crippen LogP) is 1.17. The number of benzene rings is 1. The number of rotatable bonds is 3. The number of anilines is 1. The van der Waals surface area contributed by atoms with Gasteiger partial charge >= 0.3 is 5.97 Å².